The van der Waals surface area contributed by atoms with Gasteiger partial charge in [-0.15, -0.1) is 0 Å². The van der Waals surface area contributed by atoms with Gasteiger partial charge in [0.2, 0.25) is 0 Å². The first-order chi connectivity index (χ1) is 14.6. The van der Waals surface area contributed by atoms with Gasteiger partial charge >= 0.3 is 6.18 Å². The van der Waals surface area contributed by atoms with E-state index in [9.17, 15) is 21.6 Å². The van der Waals surface area contributed by atoms with Crippen molar-refractivity contribution in [3.8, 4) is 11.6 Å². The van der Waals surface area contributed by atoms with Crippen LogP contribution in [0.25, 0.3) is 16.7 Å². The molecular formula is C19H16F3N5O3S. The first kappa shape index (κ1) is 20.7. The Kier molecular flexibility index (Phi) is 4.88. The monoisotopic (exact) mass is 451 g/mol. The molecule has 0 radical (unpaired) electrons. The van der Waals surface area contributed by atoms with Gasteiger partial charge in [0, 0.05) is 29.5 Å². The van der Waals surface area contributed by atoms with Crippen LogP contribution in [0.15, 0.2) is 53.9 Å². The number of aromatic amines is 1. The molecule has 0 spiro atoms. The predicted molar refractivity (Wildman–Crippen MR) is 107 cm³/mol. The number of methoxy groups -OCH3 is 1. The average molecular weight is 451 g/mol. The zero-order chi connectivity index (χ0) is 22.4. The quantitative estimate of drug-likeness (QED) is 0.479. The lowest BCUT2D eigenvalue weighted by molar-refractivity contribution is -0.137. The Labute approximate surface area is 174 Å². The van der Waals surface area contributed by atoms with E-state index in [1.54, 1.807) is 18.3 Å². The van der Waals surface area contributed by atoms with Crippen LogP contribution in [0.2, 0.25) is 0 Å². The van der Waals surface area contributed by atoms with Crippen molar-refractivity contribution in [1.82, 2.24) is 19.7 Å². The molecule has 0 aliphatic carbocycles. The molecule has 0 aliphatic rings. The number of benzene rings is 1. The van der Waals surface area contributed by atoms with E-state index < -0.39 is 21.8 Å². The Morgan fingerprint density at radius 2 is 1.94 bits per heavy atom. The van der Waals surface area contributed by atoms with Crippen LogP contribution in [0.4, 0.5) is 18.9 Å². The number of H-pyrrole nitrogens is 1. The molecule has 4 aromatic rings. The first-order valence-corrected chi connectivity index (χ1v) is 10.3. The normalized spacial score (nSPS) is 12.3. The maximum Gasteiger partial charge on any atom is 0.419 e. The zero-order valence-electron chi connectivity index (χ0n) is 16.2. The number of ether oxygens (including phenoxy) is 1. The number of aromatic nitrogens is 4. The number of nitrogens with zero attached hydrogens (tertiary/aromatic N) is 3. The highest BCUT2D eigenvalue weighted by Gasteiger charge is 2.32. The summed E-state index contributed by atoms with van der Waals surface area (Å²) >= 11 is 0. The summed E-state index contributed by atoms with van der Waals surface area (Å²) in [6.45, 7) is 1.83. The summed E-state index contributed by atoms with van der Waals surface area (Å²) in [7, 11) is -2.64. The number of rotatable bonds is 5. The molecule has 162 valence electrons. The van der Waals surface area contributed by atoms with E-state index in [1.165, 1.54) is 19.2 Å². The molecule has 0 fully saturated rings. The second-order valence-corrected chi connectivity index (χ2v) is 8.35. The van der Waals surface area contributed by atoms with Crippen LogP contribution in [-0.2, 0) is 16.2 Å². The Hall–Kier alpha value is -3.54. The van der Waals surface area contributed by atoms with Gasteiger partial charge in [0.15, 0.2) is 5.82 Å². The Bertz CT molecular complexity index is 1360. The third kappa shape index (κ3) is 3.81. The van der Waals surface area contributed by atoms with Crippen molar-refractivity contribution in [2.45, 2.75) is 18.0 Å². The molecule has 0 amide bonds. The summed E-state index contributed by atoms with van der Waals surface area (Å²) in [6, 6.07) is 5.90. The second-order valence-electron chi connectivity index (χ2n) is 6.67. The summed E-state index contributed by atoms with van der Waals surface area (Å²) in [5, 5.41) is 4.28. The minimum Gasteiger partial charge on any atom is -0.495 e. The Balaban J connectivity index is 1.67. The molecule has 12 heteroatoms. The molecule has 8 nitrogen and oxygen atoms in total. The molecule has 3 heterocycles. The number of hydrogen-bond donors (Lipinski definition) is 2. The van der Waals surface area contributed by atoms with E-state index in [2.05, 4.69) is 19.8 Å². The highest BCUT2D eigenvalue weighted by Crippen LogP contribution is 2.36. The Morgan fingerprint density at radius 3 is 2.55 bits per heavy atom. The van der Waals surface area contributed by atoms with E-state index in [1.807, 2.05) is 6.92 Å². The summed E-state index contributed by atoms with van der Waals surface area (Å²) in [5.74, 6) is 0.371. The largest absolute Gasteiger partial charge is 0.495 e. The molecule has 0 atom stereocenters. The van der Waals surface area contributed by atoms with Gasteiger partial charge < -0.3 is 9.72 Å². The van der Waals surface area contributed by atoms with Crippen molar-refractivity contribution in [1.29, 1.82) is 0 Å². The van der Waals surface area contributed by atoms with E-state index >= 15 is 0 Å². The lowest BCUT2D eigenvalue weighted by Crippen LogP contribution is -2.14. The van der Waals surface area contributed by atoms with Gasteiger partial charge in [-0.05, 0) is 36.8 Å². The highest BCUT2D eigenvalue weighted by atomic mass is 32.2. The summed E-state index contributed by atoms with van der Waals surface area (Å²) in [4.78, 5) is 6.82. The fraction of sp³-hybridized carbons (Fsp3) is 0.158. The van der Waals surface area contributed by atoms with Gasteiger partial charge in [-0.3, -0.25) is 4.72 Å². The lowest BCUT2D eigenvalue weighted by atomic mass is 10.1. The molecular weight excluding hydrogens is 435 g/mol. The number of sulfonamides is 1. The van der Waals surface area contributed by atoms with E-state index in [0.29, 0.717) is 17.3 Å². The van der Waals surface area contributed by atoms with Crippen LogP contribution in [0.1, 0.15) is 11.1 Å². The molecule has 3 aromatic heterocycles. The summed E-state index contributed by atoms with van der Waals surface area (Å²) in [6.07, 6.45) is -0.308. The molecule has 1 aromatic carbocycles. The van der Waals surface area contributed by atoms with E-state index in [-0.39, 0.29) is 16.4 Å². The highest BCUT2D eigenvalue weighted by molar-refractivity contribution is 7.92. The number of pyridine rings is 1. The van der Waals surface area contributed by atoms with Crippen LogP contribution < -0.4 is 9.46 Å². The summed E-state index contributed by atoms with van der Waals surface area (Å²) in [5.41, 5.74) is 0.877. The minimum absolute atomic E-state index is 0.0376. The predicted octanol–water partition coefficient (Wildman–Crippen LogP) is 3.89. The van der Waals surface area contributed by atoms with Crippen LogP contribution in [0.3, 0.4) is 0 Å². The fourth-order valence-corrected chi connectivity index (χ4v) is 4.13. The Morgan fingerprint density at radius 1 is 1.16 bits per heavy atom. The van der Waals surface area contributed by atoms with Crippen molar-refractivity contribution in [2.24, 2.45) is 0 Å². The van der Waals surface area contributed by atoms with Crippen LogP contribution in [-0.4, -0.2) is 35.3 Å². The van der Waals surface area contributed by atoms with Crippen molar-refractivity contribution in [3.63, 3.8) is 0 Å². The average Bonchev–Trinajstić information content (AvgIpc) is 3.36. The van der Waals surface area contributed by atoms with Crippen LogP contribution >= 0.6 is 0 Å². The van der Waals surface area contributed by atoms with E-state index in [4.69, 9.17) is 4.74 Å². The number of alkyl halides is 3. The third-order valence-corrected chi connectivity index (χ3v) is 5.97. The van der Waals surface area contributed by atoms with Gasteiger partial charge in [-0.25, -0.2) is 18.1 Å². The molecule has 0 saturated heterocycles. The van der Waals surface area contributed by atoms with Crippen molar-refractivity contribution in [3.05, 3.63) is 60.2 Å². The van der Waals surface area contributed by atoms with Crippen molar-refractivity contribution >= 4 is 26.6 Å². The first-order valence-electron chi connectivity index (χ1n) is 8.86. The molecule has 4 rings (SSSR count). The fourth-order valence-electron chi connectivity index (χ4n) is 3.10. The number of fused-ring (bicyclic) bond motifs is 1. The number of hydrogen-bond acceptors (Lipinski definition) is 5. The van der Waals surface area contributed by atoms with Gasteiger partial charge in [0.25, 0.3) is 10.0 Å². The van der Waals surface area contributed by atoms with Crippen molar-refractivity contribution in [2.75, 3.05) is 11.8 Å². The van der Waals surface area contributed by atoms with E-state index in [0.717, 1.165) is 28.2 Å². The third-order valence-electron chi connectivity index (χ3n) is 4.64. The lowest BCUT2D eigenvalue weighted by Gasteiger charge is -2.14. The summed E-state index contributed by atoms with van der Waals surface area (Å²) < 4.78 is 72.9. The number of anilines is 1. The van der Waals surface area contributed by atoms with Crippen LogP contribution in [0.5, 0.6) is 5.75 Å². The topological polar surface area (TPSA) is 102 Å². The minimum atomic E-state index is -4.54. The zero-order valence-corrected chi connectivity index (χ0v) is 17.0. The second kappa shape index (κ2) is 7.30. The molecule has 2 N–H and O–H groups in total. The van der Waals surface area contributed by atoms with Gasteiger partial charge in [-0.1, -0.05) is 0 Å². The van der Waals surface area contributed by atoms with Crippen molar-refractivity contribution < 1.29 is 26.3 Å². The van der Waals surface area contributed by atoms with Gasteiger partial charge in [0.1, 0.15) is 16.3 Å². The molecule has 0 unspecified atom stereocenters. The van der Waals surface area contributed by atoms with Gasteiger partial charge in [0.05, 0.1) is 18.9 Å². The maximum atomic E-state index is 12.9. The number of halogens is 3. The molecule has 0 aliphatic heterocycles. The standard InChI is InChI=1S/C19H16F3N5O3S/c1-11-7-23-14-4-5-15(30-2)18(17(11)14)26-31(28,29)13-3-6-16(24-9-13)27-10-12(8-25-27)19(20,21)22/h3-10,23,26H,1-2H3. The molecule has 31 heavy (non-hydrogen) atoms. The molecule has 0 saturated carbocycles. The van der Waals surface area contributed by atoms with Gasteiger partial charge in [-0.2, -0.15) is 18.3 Å². The smallest absolute Gasteiger partial charge is 0.419 e. The number of nitrogens with one attached hydrogen (secondary N) is 2. The number of aryl methyl sites for hydroxylation is 1. The molecule has 0 bridgehead atoms. The van der Waals surface area contributed by atoms with Crippen LogP contribution in [0, 0.1) is 6.92 Å². The SMILES string of the molecule is COc1ccc2[nH]cc(C)c2c1NS(=O)(=O)c1ccc(-n2cc(C(F)(F)F)cn2)nc1. The maximum absolute atomic E-state index is 12.9.